The SMILES string of the molecule is NNc1ncc(Cl)c(Nc2cccc3ccccc23)n1. The number of fused-ring (bicyclic) bond motifs is 1. The number of aromatic nitrogens is 2. The van der Waals surface area contributed by atoms with Crippen LogP contribution < -0.4 is 16.6 Å². The number of rotatable bonds is 3. The van der Waals surface area contributed by atoms with Gasteiger partial charge in [-0.3, -0.25) is 5.43 Å². The molecule has 0 fully saturated rings. The fourth-order valence-corrected chi connectivity index (χ4v) is 2.12. The Balaban J connectivity index is 2.05. The second kappa shape index (κ2) is 5.32. The van der Waals surface area contributed by atoms with Gasteiger partial charge >= 0.3 is 0 Å². The summed E-state index contributed by atoms with van der Waals surface area (Å²) in [7, 11) is 0. The second-order valence-electron chi connectivity index (χ2n) is 4.19. The second-order valence-corrected chi connectivity index (χ2v) is 4.59. The molecule has 0 bridgehead atoms. The van der Waals surface area contributed by atoms with Crippen molar-refractivity contribution in [2.24, 2.45) is 5.84 Å². The molecule has 1 aromatic heterocycles. The molecule has 20 heavy (non-hydrogen) atoms. The summed E-state index contributed by atoms with van der Waals surface area (Å²) in [4.78, 5) is 8.14. The number of nitrogens with zero attached hydrogens (tertiary/aromatic N) is 2. The molecule has 5 nitrogen and oxygen atoms in total. The molecule has 0 saturated carbocycles. The highest BCUT2D eigenvalue weighted by atomic mass is 35.5. The minimum Gasteiger partial charge on any atom is -0.338 e. The highest BCUT2D eigenvalue weighted by Crippen LogP contribution is 2.28. The van der Waals surface area contributed by atoms with E-state index in [-0.39, 0.29) is 0 Å². The summed E-state index contributed by atoms with van der Waals surface area (Å²) in [6.07, 6.45) is 1.50. The van der Waals surface area contributed by atoms with Gasteiger partial charge in [0.05, 0.1) is 6.20 Å². The molecular formula is C14H12ClN5. The summed E-state index contributed by atoms with van der Waals surface area (Å²) in [6.45, 7) is 0. The van der Waals surface area contributed by atoms with E-state index in [0.29, 0.717) is 16.8 Å². The van der Waals surface area contributed by atoms with Crippen LogP contribution in [0.25, 0.3) is 10.8 Å². The Kier molecular flexibility index (Phi) is 3.37. The Morgan fingerprint density at radius 1 is 1.05 bits per heavy atom. The zero-order valence-corrected chi connectivity index (χ0v) is 11.2. The third-order valence-electron chi connectivity index (χ3n) is 2.92. The molecule has 0 radical (unpaired) electrons. The third-order valence-corrected chi connectivity index (χ3v) is 3.19. The van der Waals surface area contributed by atoms with Gasteiger partial charge in [-0.05, 0) is 11.5 Å². The van der Waals surface area contributed by atoms with Gasteiger partial charge < -0.3 is 5.32 Å². The van der Waals surface area contributed by atoms with Crippen molar-refractivity contribution < 1.29 is 0 Å². The standard InChI is InChI=1S/C14H12ClN5/c15-11-8-17-14(20-16)19-13(11)18-12-7-3-5-9-4-1-2-6-10(9)12/h1-8H,16H2,(H2,17,18,19,20). The van der Waals surface area contributed by atoms with Crippen molar-refractivity contribution in [2.75, 3.05) is 10.7 Å². The van der Waals surface area contributed by atoms with Gasteiger partial charge in [-0.2, -0.15) is 4.98 Å². The predicted molar refractivity (Wildman–Crippen MR) is 82.1 cm³/mol. The molecule has 0 unspecified atom stereocenters. The van der Waals surface area contributed by atoms with Crippen molar-refractivity contribution in [2.45, 2.75) is 0 Å². The molecule has 100 valence electrons. The van der Waals surface area contributed by atoms with Gasteiger partial charge in [-0.25, -0.2) is 10.8 Å². The fourth-order valence-electron chi connectivity index (χ4n) is 1.99. The molecule has 3 aromatic rings. The van der Waals surface area contributed by atoms with E-state index in [1.165, 1.54) is 6.20 Å². The first-order valence-corrected chi connectivity index (χ1v) is 6.39. The highest BCUT2D eigenvalue weighted by molar-refractivity contribution is 6.33. The summed E-state index contributed by atoms with van der Waals surface area (Å²) < 4.78 is 0. The summed E-state index contributed by atoms with van der Waals surface area (Å²) in [5.74, 6) is 6.12. The van der Waals surface area contributed by atoms with E-state index in [2.05, 4.69) is 32.8 Å². The van der Waals surface area contributed by atoms with Crippen LogP contribution in [0.3, 0.4) is 0 Å². The van der Waals surface area contributed by atoms with Crippen LogP contribution in [0, 0.1) is 0 Å². The monoisotopic (exact) mass is 285 g/mol. The maximum atomic E-state index is 6.10. The molecule has 0 saturated heterocycles. The molecule has 4 N–H and O–H groups in total. The maximum Gasteiger partial charge on any atom is 0.239 e. The molecule has 0 aliphatic heterocycles. The Hall–Kier alpha value is -2.37. The topological polar surface area (TPSA) is 75.9 Å². The van der Waals surface area contributed by atoms with E-state index in [0.717, 1.165) is 16.5 Å². The maximum absolute atomic E-state index is 6.10. The number of nitrogens with two attached hydrogens (primary N) is 1. The largest absolute Gasteiger partial charge is 0.338 e. The van der Waals surface area contributed by atoms with Gasteiger partial charge in [0.15, 0.2) is 5.82 Å². The van der Waals surface area contributed by atoms with E-state index < -0.39 is 0 Å². The van der Waals surface area contributed by atoms with E-state index in [9.17, 15) is 0 Å². The van der Waals surface area contributed by atoms with Crippen LogP contribution >= 0.6 is 11.6 Å². The summed E-state index contributed by atoms with van der Waals surface area (Å²) in [6, 6.07) is 14.1. The van der Waals surface area contributed by atoms with Crippen LogP contribution in [-0.4, -0.2) is 9.97 Å². The van der Waals surface area contributed by atoms with E-state index >= 15 is 0 Å². The van der Waals surface area contributed by atoms with Crippen LogP contribution in [0.4, 0.5) is 17.5 Å². The first-order valence-electron chi connectivity index (χ1n) is 6.02. The van der Waals surface area contributed by atoms with Gasteiger partial charge in [0, 0.05) is 11.1 Å². The molecule has 0 atom stereocenters. The van der Waals surface area contributed by atoms with Gasteiger partial charge in [-0.1, -0.05) is 48.0 Å². The van der Waals surface area contributed by atoms with Gasteiger partial charge in [0.1, 0.15) is 5.02 Å². The highest BCUT2D eigenvalue weighted by Gasteiger charge is 2.07. The lowest BCUT2D eigenvalue weighted by atomic mass is 10.1. The third kappa shape index (κ3) is 2.36. The minimum atomic E-state index is 0.303. The fraction of sp³-hybridized carbons (Fsp3) is 0. The number of nitrogens with one attached hydrogen (secondary N) is 2. The number of hydrazine groups is 1. The Morgan fingerprint density at radius 3 is 2.70 bits per heavy atom. The molecule has 2 aromatic carbocycles. The van der Waals surface area contributed by atoms with Crippen LogP contribution in [0.15, 0.2) is 48.7 Å². The number of halogens is 1. The predicted octanol–water partition coefficient (Wildman–Crippen LogP) is 3.31. The molecule has 6 heteroatoms. The van der Waals surface area contributed by atoms with Crippen LogP contribution in [0.2, 0.25) is 5.02 Å². The van der Waals surface area contributed by atoms with Crippen molar-refractivity contribution >= 4 is 39.8 Å². The van der Waals surface area contributed by atoms with Gasteiger partial charge in [0.25, 0.3) is 0 Å². The Bertz CT molecular complexity index is 754. The van der Waals surface area contributed by atoms with Gasteiger partial charge in [0.2, 0.25) is 5.95 Å². The lowest BCUT2D eigenvalue weighted by Gasteiger charge is -2.11. The number of benzene rings is 2. The molecule has 0 aliphatic carbocycles. The van der Waals surface area contributed by atoms with Crippen molar-refractivity contribution in [3.63, 3.8) is 0 Å². The average Bonchev–Trinajstić information content (AvgIpc) is 2.50. The smallest absolute Gasteiger partial charge is 0.239 e. The Morgan fingerprint density at radius 2 is 1.85 bits per heavy atom. The molecule has 0 amide bonds. The molecular weight excluding hydrogens is 274 g/mol. The lowest BCUT2D eigenvalue weighted by Crippen LogP contribution is -2.11. The number of nitrogen functional groups attached to an aromatic ring is 1. The van der Waals surface area contributed by atoms with Crippen molar-refractivity contribution in [3.8, 4) is 0 Å². The Labute approximate surface area is 120 Å². The first-order chi connectivity index (χ1) is 9.78. The van der Waals surface area contributed by atoms with Crippen molar-refractivity contribution in [3.05, 3.63) is 53.7 Å². The molecule has 3 rings (SSSR count). The number of hydrogen-bond donors (Lipinski definition) is 3. The molecule has 1 heterocycles. The normalized spacial score (nSPS) is 10.5. The zero-order chi connectivity index (χ0) is 13.9. The number of anilines is 3. The van der Waals surface area contributed by atoms with Crippen molar-refractivity contribution in [1.29, 1.82) is 0 Å². The number of hydrogen-bond acceptors (Lipinski definition) is 5. The van der Waals surface area contributed by atoms with E-state index in [4.69, 9.17) is 17.4 Å². The summed E-state index contributed by atoms with van der Waals surface area (Å²) in [5, 5.41) is 5.87. The van der Waals surface area contributed by atoms with Crippen molar-refractivity contribution in [1.82, 2.24) is 9.97 Å². The van der Waals surface area contributed by atoms with E-state index in [1.54, 1.807) is 0 Å². The molecule has 0 aliphatic rings. The quantitative estimate of drug-likeness (QED) is 0.508. The lowest BCUT2D eigenvalue weighted by molar-refractivity contribution is 1.12. The average molecular weight is 286 g/mol. The van der Waals surface area contributed by atoms with Gasteiger partial charge in [-0.15, -0.1) is 0 Å². The molecule has 0 spiro atoms. The van der Waals surface area contributed by atoms with Crippen LogP contribution in [-0.2, 0) is 0 Å². The zero-order valence-electron chi connectivity index (χ0n) is 10.5. The van der Waals surface area contributed by atoms with Crippen LogP contribution in [0.5, 0.6) is 0 Å². The summed E-state index contributed by atoms with van der Waals surface area (Å²) >= 11 is 6.10. The summed E-state index contributed by atoms with van der Waals surface area (Å²) in [5.41, 5.74) is 3.32. The van der Waals surface area contributed by atoms with Crippen LogP contribution in [0.1, 0.15) is 0 Å². The first kappa shape index (κ1) is 12.7. The minimum absolute atomic E-state index is 0.303. The van der Waals surface area contributed by atoms with E-state index in [1.807, 2.05) is 30.3 Å².